The van der Waals surface area contributed by atoms with E-state index in [0.717, 1.165) is 35.7 Å². The molecule has 2 aromatic rings. The standard InChI is InChI=1S/C15H19N3O2S/c1-2-11-8-18(5-6-19)13-7-10(3-4-14(13)20-11)12-9-21-15(16)17-12/h3-4,7,9,11,19H,2,5-6,8H2,1H3,(H2,16,17). The lowest BCUT2D eigenvalue weighted by molar-refractivity contribution is 0.185. The molecule has 5 nitrogen and oxygen atoms in total. The summed E-state index contributed by atoms with van der Waals surface area (Å²) >= 11 is 1.43. The molecule has 0 aliphatic carbocycles. The molecule has 1 aliphatic heterocycles. The van der Waals surface area contributed by atoms with Gasteiger partial charge in [-0.1, -0.05) is 6.92 Å². The number of anilines is 2. The van der Waals surface area contributed by atoms with Crippen LogP contribution in [0.5, 0.6) is 5.75 Å². The number of nitrogens with two attached hydrogens (primary N) is 1. The topological polar surface area (TPSA) is 71.6 Å². The van der Waals surface area contributed by atoms with E-state index in [2.05, 4.69) is 22.9 Å². The van der Waals surface area contributed by atoms with Gasteiger partial charge in [0.2, 0.25) is 0 Å². The van der Waals surface area contributed by atoms with Crippen LogP contribution in [0.2, 0.25) is 0 Å². The Labute approximate surface area is 128 Å². The predicted octanol–water partition coefficient (Wildman–Crippen LogP) is 2.36. The molecule has 1 aromatic carbocycles. The second-order valence-corrected chi connectivity index (χ2v) is 5.96. The van der Waals surface area contributed by atoms with Crippen LogP contribution in [0.3, 0.4) is 0 Å². The van der Waals surface area contributed by atoms with Crippen LogP contribution >= 0.6 is 11.3 Å². The highest BCUT2D eigenvalue weighted by atomic mass is 32.1. The summed E-state index contributed by atoms with van der Waals surface area (Å²) in [6, 6.07) is 6.04. The molecule has 1 atom stereocenters. The van der Waals surface area contributed by atoms with Crippen molar-refractivity contribution >= 4 is 22.2 Å². The Morgan fingerprint density at radius 2 is 2.38 bits per heavy atom. The van der Waals surface area contributed by atoms with Crippen molar-refractivity contribution in [2.75, 3.05) is 30.3 Å². The van der Waals surface area contributed by atoms with Gasteiger partial charge < -0.3 is 20.5 Å². The molecular formula is C15H19N3O2S. The van der Waals surface area contributed by atoms with Crippen LogP contribution < -0.4 is 15.4 Å². The summed E-state index contributed by atoms with van der Waals surface area (Å²) in [4.78, 5) is 6.49. The molecule has 0 saturated carbocycles. The molecule has 21 heavy (non-hydrogen) atoms. The lowest BCUT2D eigenvalue weighted by Crippen LogP contribution is -2.41. The largest absolute Gasteiger partial charge is 0.486 e. The number of nitrogens with zero attached hydrogens (tertiary/aromatic N) is 2. The number of nitrogen functional groups attached to an aromatic ring is 1. The molecule has 1 unspecified atom stereocenters. The number of fused-ring (bicyclic) bond motifs is 1. The van der Waals surface area contributed by atoms with Gasteiger partial charge in [0.05, 0.1) is 24.5 Å². The van der Waals surface area contributed by atoms with Crippen LogP contribution in [0.25, 0.3) is 11.3 Å². The Bertz CT molecular complexity index is 629. The molecule has 0 radical (unpaired) electrons. The molecule has 0 fully saturated rings. The van der Waals surface area contributed by atoms with Gasteiger partial charge in [0.25, 0.3) is 0 Å². The summed E-state index contributed by atoms with van der Waals surface area (Å²) in [7, 11) is 0. The predicted molar refractivity (Wildman–Crippen MR) is 86.0 cm³/mol. The SMILES string of the molecule is CCC1CN(CCO)c2cc(-c3csc(N)n3)ccc2O1. The van der Waals surface area contributed by atoms with Gasteiger partial charge in [-0.25, -0.2) is 4.98 Å². The van der Waals surface area contributed by atoms with Crippen LogP contribution in [0.15, 0.2) is 23.6 Å². The number of thiazole rings is 1. The lowest BCUT2D eigenvalue weighted by atomic mass is 10.1. The zero-order chi connectivity index (χ0) is 14.8. The van der Waals surface area contributed by atoms with Gasteiger partial charge in [0.15, 0.2) is 5.13 Å². The number of hydrogen-bond donors (Lipinski definition) is 2. The summed E-state index contributed by atoms with van der Waals surface area (Å²) in [6.45, 7) is 3.64. The first-order chi connectivity index (χ1) is 10.2. The van der Waals surface area contributed by atoms with Crippen molar-refractivity contribution in [3.8, 4) is 17.0 Å². The number of ether oxygens (including phenoxy) is 1. The number of aliphatic hydroxyl groups is 1. The third-order valence-corrected chi connectivity index (χ3v) is 4.33. The van der Waals surface area contributed by atoms with E-state index < -0.39 is 0 Å². The van der Waals surface area contributed by atoms with Crippen LogP contribution in [-0.2, 0) is 0 Å². The Morgan fingerprint density at radius 1 is 1.52 bits per heavy atom. The Kier molecular flexibility index (Phi) is 3.98. The Hall–Kier alpha value is -1.79. The van der Waals surface area contributed by atoms with Gasteiger partial charge >= 0.3 is 0 Å². The number of benzene rings is 1. The summed E-state index contributed by atoms with van der Waals surface area (Å²) < 4.78 is 5.99. The highest BCUT2D eigenvalue weighted by Crippen LogP contribution is 2.37. The van der Waals surface area contributed by atoms with Crippen LogP contribution in [0.4, 0.5) is 10.8 Å². The molecule has 3 N–H and O–H groups in total. The Morgan fingerprint density at radius 3 is 3.05 bits per heavy atom. The quantitative estimate of drug-likeness (QED) is 0.907. The molecule has 0 bridgehead atoms. The maximum atomic E-state index is 9.28. The molecule has 1 aromatic heterocycles. The van der Waals surface area contributed by atoms with E-state index in [0.29, 0.717) is 11.7 Å². The molecule has 2 heterocycles. The zero-order valence-corrected chi connectivity index (χ0v) is 12.8. The van der Waals surface area contributed by atoms with E-state index in [1.807, 2.05) is 17.5 Å². The molecule has 3 rings (SSSR count). The second-order valence-electron chi connectivity index (χ2n) is 5.07. The summed E-state index contributed by atoms with van der Waals surface area (Å²) in [5.74, 6) is 0.869. The normalized spacial score (nSPS) is 17.4. The fourth-order valence-corrected chi connectivity index (χ4v) is 3.12. The van der Waals surface area contributed by atoms with E-state index >= 15 is 0 Å². The van der Waals surface area contributed by atoms with Crippen LogP contribution in [0.1, 0.15) is 13.3 Å². The van der Waals surface area contributed by atoms with Crippen molar-refractivity contribution in [1.82, 2.24) is 4.98 Å². The van der Waals surface area contributed by atoms with E-state index in [4.69, 9.17) is 10.5 Å². The van der Waals surface area contributed by atoms with Crippen molar-refractivity contribution in [1.29, 1.82) is 0 Å². The monoisotopic (exact) mass is 305 g/mol. The first kappa shape index (κ1) is 14.2. The van der Waals surface area contributed by atoms with Gasteiger partial charge in [-0.05, 0) is 24.6 Å². The smallest absolute Gasteiger partial charge is 0.180 e. The molecule has 1 aliphatic rings. The first-order valence-corrected chi connectivity index (χ1v) is 7.97. The summed E-state index contributed by atoms with van der Waals surface area (Å²) in [6.07, 6.45) is 1.12. The molecule has 0 amide bonds. The fourth-order valence-electron chi connectivity index (χ4n) is 2.55. The van der Waals surface area contributed by atoms with Gasteiger partial charge in [-0.2, -0.15) is 0 Å². The summed E-state index contributed by atoms with van der Waals surface area (Å²) in [5.41, 5.74) is 8.61. The van der Waals surface area contributed by atoms with Crippen molar-refractivity contribution < 1.29 is 9.84 Å². The molecule has 6 heteroatoms. The maximum Gasteiger partial charge on any atom is 0.180 e. The van der Waals surface area contributed by atoms with Gasteiger partial charge in [-0.15, -0.1) is 11.3 Å². The average Bonchev–Trinajstić information content (AvgIpc) is 2.93. The van der Waals surface area contributed by atoms with Crippen molar-refractivity contribution in [2.45, 2.75) is 19.4 Å². The molecule has 112 valence electrons. The number of rotatable bonds is 4. The van der Waals surface area contributed by atoms with Crippen molar-refractivity contribution in [3.63, 3.8) is 0 Å². The van der Waals surface area contributed by atoms with Crippen LogP contribution in [0, 0.1) is 0 Å². The van der Waals surface area contributed by atoms with Crippen molar-refractivity contribution in [2.24, 2.45) is 0 Å². The number of β-amino-alcohol motifs (C(OH)–C–C–N with tert-alkyl or cyclic N) is 1. The minimum absolute atomic E-state index is 0.129. The van der Waals surface area contributed by atoms with Gasteiger partial charge in [-0.3, -0.25) is 0 Å². The van der Waals surface area contributed by atoms with E-state index in [-0.39, 0.29) is 12.7 Å². The molecule has 0 spiro atoms. The molecular weight excluding hydrogens is 286 g/mol. The average molecular weight is 305 g/mol. The van der Waals surface area contributed by atoms with Crippen molar-refractivity contribution in [3.05, 3.63) is 23.6 Å². The minimum Gasteiger partial charge on any atom is -0.486 e. The maximum absolute atomic E-state index is 9.28. The third-order valence-electron chi connectivity index (χ3n) is 3.66. The van der Waals surface area contributed by atoms with Crippen LogP contribution in [-0.4, -0.2) is 35.9 Å². The fraction of sp³-hybridized carbons (Fsp3) is 0.400. The number of aliphatic hydroxyl groups excluding tert-OH is 1. The van der Waals surface area contributed by atoms with Gasteiger partial charge in [0.1, 0.15) is 11.9 Å². The Balaban J connectivity index is 1.97. The molecule has 0 saturated heterocycles. The highest BCUT2D eigenvalue weighted by molar-refractivity contribution is 7.13. The van der Waals surface area contributed by atoms with E-state index in [1.54, 1.807) is 0 Å². The third kappa shape index (κ3) is 2.82. The van der Waals surface area contributed by atoms with E-state index in [1.165, 1.54) is 11.3 Å². The summed E-state index contributed by atoms with van der Waals surface area (Å²) in [5, 5.41) is 11.8. The zero-order valence-electron chi connectivity index (χ0n) is 12.0. The first-order valence-electron chi connectivity index (χ1n) is 7.09. The minimum atomic E-state index is 0.129. The lowest BCUT2D eigenvalue weighted by Gasteiger charge is -2.36. The number of aromatic nitrogens is 1. The number of hydrogen-bond acceptors (Lipinski definition) is 6. The highest BCUT2D eigenvalue weighted by Gasteiger charge is 2.24. The second kappa shape index (κ2) is 5.91. The van der Waals surface area contributed by atoms with Gasteiger partial charge in [0, 0.05) is 17.5 Å². The van der Waals surface area contributed by atoms with E-state index in [9.17, 15) is 5.11 Å².